The SMILES string of the molecule is CCCCCCCCCC1(CCCCCCCCC)c2cc3c(cc2-c2cc4c(cc21)-c1cc2c(cc1C4(CCCCCCCC)CCCCCCCC)-c1c(cc(-c4cccc5ccccc45)c4ccccc14)C2(C)C)C(C)(C)c1cc(-c2cccc4ccccc24)c2ccccc2c1-3. The van der Waals surface area contributed by atoms with Crippen molar-refractivity contribution in [1.82, 2.24) is 0 Å². The molecule has 0 fully saturated rings. The maximum Gasteiger partial charge on any atom is 0.0215 e. The van der Waals surface area contributed by atoms with Crippen LogP contribution < -0.4 is 0 Å². The molecule has 0 heterocycles. The van der Waals surface area contributed by atoms with E-state index in [1.807, 2.05) is 0 Å². The van der Waals surface area contributed by atoms with E-state index in [-0.39, 0.29) is 21.7 Å². The Bertz CT molecular complexity index is 4760. The summed E-state index contributed by atoms with van der Waals surface area (Å²) in [5.74, 6) is 0. The largest absolute Gasteiger partial charge is 0.0654 e. The molecule has 15 rings (SSSR count). The standard InChI is InChI=1S/C100H114/c1-9-13-17-21-25-29-41-59-100(60-42-30-26-22-18-14-10-2)90-66-83-81-63-87-85(95-77-53-37-35-51-75(77)79(61-93(95)97(87,5)6)73-55-43-47-69-45-31-33-49-71(69)73)67-91(81)99(57-39-27-23-19-15-11-3,58-40-28-24-20-16-12-4)89(83)65-84(90)82-64-88-86(68-92(82)100)96-78-54-38-36-52-76(78)80(62-94(96)98(88,7)8)74-56-44-48-70-46-32-34-50-72(70)74/h31-38,43-56,61-68H,9-30,39-42,57-60H2,1-8H3. The Labute approximate surface area is 602 Å². The minimum Gasteiger partial charge on any atom is -0.0654 e. The van der Waals surface area contributed by atoms with Gasteiger partial charge in [0.1, 0.15) is 0 Å². The normalized spacial score (nSPS) is 15.1. The first-order chi connectivity index (χ1) is 49.0. The van der Waals surface area contributed by atoms with Gasteiger partial charge in [-0.05, 0) is 229 Å². The monoisotopic (exact) mass is 1310 g/mol. The lowest BCUT2D eigenvalue weighted by molar-refractivity contribution is 0.394. The summed E-state index contributed by atoms with van der Waals surface area (Å²) < 4.78 is 0. The van der Waals surface area contributed by atoms with Crippen LogP contribution in [0.3, 0.4) is 0 Å². The van der Waals surface area contributed by atoms with Gasteiger partial charge < -0.3 is 0 Å². The van der Waals surface area contributed by atoms with Crippen molar-refractivity contribution in [2.45, 2.75) is 270 Å². The summed E-state index contributed by atoms with van der Waals surface area (Å²) in [5, 5.41) is 10.8. The molecule has 0 unspecified atom stereocenters. The molecule has 0 amide bonds. The predicted octanol–water partition coefficient (Wildman–Crippen LogP) is 30.6. The number of hydrogen-bond donors (Lipinski definition) is 0. The third-order valence-electron chi connectivity index (χ3n) is 25.9. The molecule has 0 radical (unpaired) electrons. The van der Waals surface area contributed by atoms with Gasteiger partial charge in [0.05, 0.1) is 0 Å². The molecule has 11 aromatic rings. The Morgan fingerprint density at radius 3 is 0.780 bits per heavy atom. The lowest BCUT2D eigenvalue weighted by Gasteiger charge is -2.35. The van der Waals surface area contributed by atoms with Crippen LogP contribution in [0.25, 0.3) is 110 Å². The van der Waals surface area contributed by atoms with Crippen LogP contribution >= 0.6 is 0 Å². The van der Waals surface area contributed by atoms with Crippen molar-refractivity contribution in [1.29, 1.82) is 0 Å². The molecule has 0 atom stereocenters. The fourth-order valence-electron chi connectivity index (χ4n) is 20.5. The molecule has 0 saturated carbocycles. The first-order valence-corrected chi connectivity index (χ1v) is 40.7. The highest BCUT2D eigenvalue weighted by molar-refractivity contribution is 6.15. The molecule has 0 spiro atoms. The first kappa shape index (κ1) is 68.2. The fourth-order valence-corrected chi connectivity index (χ4v) is 20.5. The van der Waals surface area contributed by atoms with Gasteiger partial charge in [-0.3, -0.25) is 0 Å². The van der Waals surface area contributed by atoms with Gasteiger partial charge in [-0.2, -0.15) is 0 Å². The summed E-state index contributed by atoms with van der Waals surface area (Å²) in [5.41, 5.74) is 29.5. The topological polar surface area (TPSA) is 0 Å². The summed E-state index contributed by atoms with van der Waals surface area (Å²) in [4.78, 5) is 0. The molecule has 514 valence electrons. The second-order valence-corrected chi connectivity index (χ2v) is 32.9. The number of benzene rings is 11. The van der Waals surface area contributed by atoms with Crippen molar-refractivity contribution in [2.24, 2.45) is 0 Å². The molecule has 0 nitrogen and oxygen atoms in total. The Morgan fingerprint density at radius 1 is 0.200 bits per heavy atom. The molecule has 0 saturated heterocycles. The molecule has 0 N–H and O–H groups in total. The van der Waals surface area contributed by atoms with Crippen LogP contribution in [0.5, 0.6) is 0 Å². The van der Waals surface area contributed by atoms with E-state index in [2.05, 4.69) is 237 Å². The van der Waals surface area contributed by atoms with E-state index in [4.69, 9.17) is 0 Å². The Balaban J connectivity index is 0.958. The first-order valence-electron chi connectivity index (χ1n) is 40.7. The Kier molecular flexibility index (Phi) is 19.8. The average Bonchev–Trinajstić information content (AvgIpc) is 1.52. The molecule has 100 heavy (non-hydrogen) atoms. The molecule has 0 heteroatoms. The van der Waals surface area contributed by atoms with Crippen LogP contribution in [0.15, 0.2) is 182 Å². The van der Waals surface area contributed by atoms with E-state index in [0.717, 1.165) is 0 Å². The molecular weight excluding hydrogens is 1200 g/mol. The highest BCUT2D eigenvalue weighted by Gasteiger charge is 2.51. The zero-order chi connectivity index (χ0) is 68.6. The molecule has 0 bridgehead atoms. The molecule has 0 aliphatic heterocycles. The van der Waals surface area contributed by atoms with Crippen molar-refractivity contribution in [3.63, 3.8) is 0 Å². The number of rotatable bonds is 32. The van der Waals surface area contributed by atoms with Gasteiger partial charge in [0.25, 0.3) is 0 Å². The highest BCUT2D eigenvalue weighted by Crippen LogP contribution is 2.66. The van der Waals surface area contributed by atoms with E-state index < -0.39 is 0 Å². The van der Waals surface area contributed by atoms with E-state index in [0.29, 0.717) is 0 Å². The van der Waals surface area contributed by atoms with Gasteiger partial charge in [0, 0.05) is 21.7 Å². The van der Waals surface area contributed by atoms with Crippen molar-refractivity contribution in [3.05, 3.63) is 226 Å². The fraction of sp³-hybridized carbons (Fsp3) is 0.420. The smallest absolute Gasteiger partial charge is 0.0215 e. The minimum absolute atomic E-state index is 0.110. The maximum atomic E-state index is 2.95. The second kappa shape index (κ2) is 29.1. The van der Waals surface area contributed by atoms with E-state index in [1.165, 1.54) is 302 Å². The average molecular weight is 1320 g/mol. The molecular formula is C100H114. The highest BCUT2D eigenvalue weighted by atomic mass is 14.5. The summed E-state index contributed by atoms with van der Waals surface area (Å²) >= 11 is 0. The number of fused-ring (bicyclic) bond motifs is 18. The maximum absolute atomic E-state index is 2.95. The third-order valence-corrected chi connectivity index (χ3v) is 25.9. The molecule has 4 aliphatic rings. The van der Waals surface area contributed by atoms with Gasteiger partial charge in [0.2, 0.25) is 0 Å². The molecule has 4 aliphatic carbocycles. The third kappa shape index (κ3) is 11.9. The van der Waals surface area contributed by atoms with Crippen LogP contribution in [-0.2, 0) is 21.7 Å². The summed E-state index contributed by atoms with van der Waals surface area (Å²) in [6.45, 7) is 19.8. The number of unbranched alkanes of at least 4 members (excludes halogenated alkanes) is 22. The van der Waals surface area contributed by atoms with Gasteiger partial charge in [-0.15, -0.1) is 0 Å². The Morgan fingerprint density at radius 2 is 0.450 bits per heavy atom. The van der Waals surface area contributed by atoms with Crippen molar-refractivity contribution in [2.75, 3.05) is 0 Å². The van der Waals surface area contributed by atoms with E-state index >= 15 is 0 Å². The summed E-state index contributed by atoms with van der Waals surface area (Å²) in [6, 6.07) is 73.6. The summed E-state index contributed by atoms with van der Waals surface area (Å²) in [7, 11) is 0. The van der Waals surface area contributed by atoms with Crippen molar-refractivity contribution in [3.8, 4) is 66.8 Å². The van der Waals surface area contributed by atoms with Gasteiger partial charge in [-0.1, -0.05) is 356 Å². The van der Waals surface area contributed by atoms with Crippen molar-refractivity contribution >= 4 is 43.1 Å². The Hall–Kier alpha value is -7.54. The van der Waals surface area contributed by atoms with Gasteiger partial charge >= 0.3 is 0 Å². The van der Waals surface area contributed by atoms with Gasteiger partial charge in [-0.25, -0.2) is 0 Å². The van der Waals surface area contributed by atoms with Crippen LogP contribution in [0, 0.1) is 0 Å². The number of hydrogen-bond acceptors (Lipinski definition) is 0. The lowest BCUT2D eigenvalue weighted by Crippen LogP contribution is -2.27. The van der Waals surface area contributed by atoms with Crippen molar-refractivity contribution < 1.29 is 0 Å². The van der Waals surface area contributed by atoms with Crippen LogP contribution in [0.4, 0.5) is 0 Å². The van der Waals surface area contributed by atoms with Crippen LogP contribution in [0.1, 0.15) is 293 Å². The van der Waals surface area contributed by atoms with Crippen LogP contribution in [-0.4, -0.2) is 0 Å². The quantitative estimate of drug-likeness (QED) is 0.0369. The zero-order valence-corrected chi connectivity index (χ0v) is 62.5. The summed E-state index contributed by atoms with van der Waals surface area (Å²) in [6.07, 6.45) is 39.1. The predicted molar refractivity (Wildman–Crippen MR) is 436 cm³/mol. The second-order valence-electron chi connectivity index (χ2n) is 32.9. The molecule has 0 aromatic heterocycles. The zero-order valence-electron chi connectivity index (χ0n) is 62.5. The van der Waals surface area contributed by atoms with Crippen LogP contribution in [0.2, 0.25) is 0 Å². The molecule has 11 aromatic carbocycles. The minimum atomic E-state index is -0.221. The van der Waals surface area contributed by atoms with E-state index in [9.17, 15) is 0 Å². The van der Waals surface area contributed by atoms with E-state index in [1.54, 1.807) is 44.5 Å². The lowest BCUT2D eigenvalue weighted by atomic mass is 9.68. The van der Waals surface area contributed by atoms with Gasteiger partial charge in [0.15, 0.2) is 0 Å².